The zero-order valence-corrected chi connectivity index (χ0v) is 14.3. The highest BCUT2D eigenvalue weighted by atomic mass is 16.5. The second-order valence-corrected chi connectivity index (χ2v) is 6.48. The number of hydrogen-bond donors (Lipinski definition) is 0. The van der Waals surface area contributed by atoms with Crippen molar-refractivity contribution in [1.29, 1.82) is 0 Å². The Kier molecular flexibility index (Phi) is 4.24. The van der Waals surface area contributed by atoms with Crippen LogP contribution in [-0.2, 0) is 11.3 Å². The van der Waals surface area contributed by atoms with Crippen LogP contribution in [0.2, 0.25) is 0 Å². The van der Waals surface area contributed by atoms with Crippen molar-refractivity contribution >= 4 is 17.3 Å². The number of hydrogen-bond acceptors (Lipinski definition) is 4. The van der Waals surface area contributed by atoms with Gasteiger partial charge in [0.05, 0.1) is 24.4 Å². The SMILES string of the molecule is COc1cccc(N2N=C3CN(Cc4ccccc4)CCC3C2=O)c1. The fourth-order valence-corrected chi connectivity index (χ4v) is 3.49. The molecule has 0 saturated carbocycles. The van der Waals surface area contributed by atoms with Crippen molar-refractivity contribution in [2.24, 2.45) is 11.0 Å². The first-order chi connectivity index (χ1) is 12.2. The van der Waals surface area contributed by atoms with Gasteiger partial charge in [0.15, 0.2) is 0 Å². The monoisotopic (exact) mass is 335 g/mol. The Hall–Kier alpha value is -2.66. The minimum absolute atomic E-state index is 0.0719. The first-order valence-corrected chi connectivity index (χ1v) is 8.56. The summed E-state index contributed by atoms with van der Waals surface area (Å²) in [4.78, 5) is 15.1. The molecule has 5 heteroatoms. The highest BCUT2D eigenvalue weighted by Gasteiger charge is 2.39. The summed E-state index contributed by atoms with van der Waals surface area (Å²) in [5.74, 6) is 0.715. The summed E-state index contributed by atoms with van der Waals surface area (Å²) in [5.41, 5.74) is 3.02. The Balaban J connectivity index is 1.52. The van der Waals surface area contributed by atoms with Gasteiger partial charge >= 0.3 is 0 Å². The minimum atomic E-state index is -0.0850. The number of carbonyl (C=O) groups excluding carboxylic acids is 1. The number of anilines is 1. The van der Waals surface area contributed by atoms with E-state index in [0.29, 0.717) is 0 Å². The molecule has 128 valence electrons. The lowest BCUT2D eigenvalue weighted by Gasteiger charge is -2.29. The molecule has 0 aromatic heterocycles. The van der Waals surface area contributed by atoms with E-state index in [4.69, 9.17) is 4.74 Å². The molecule has 0 N–H and O–H groups in total. The van der Waals surface area contributed by atoms with Gasteiger partial charge in [-0.25, -0.2) is 5.01 Å². The molecular weight excluding hydrogens is 314 g/mol. The third-order valence-electron chi connectivity index (χ3n) is 4.80. The highest BCUT2D eigenvalue weighted by molar-refractivity contribution is 6.16. The molecule has 0 bridgehead atoms. The maximum atomic E-state index is 12.8. The van der Waals surface area contributed by atoms with Gasteiger partial charge in [-0.15, -0.1) is 0 Å². The molecule has 25 heavy (non-hydrogen) atoms. The number of hydrazone groups is 1. The van der Waals surface area contributed by atoms with Crippen molar-refractivity contribution in [2.45, 2.75) is 13.0 Å². The van der Waals surface area contributed by atoms with E-state index >= 15 is 0 Å². The lowest BCUT2D eigenvalue weighted by Crippen LogP contribution is -2.41. The summed E-state index contributed by atoms with van der Waals surface area (Å²) in [5, 5.41) is 6.17. The second kappa shape index (κ2) is 6.69. The summed E-state index contributed by atoms with van der Waals surface area (Å²) in [6, 6.07) is 17.9. The predicted molar refractivity (Wildman–Crippen MR) is 97.7 cm³/mol. The smallest absolute Gasteiger partial charge is 0.256 e. The van der Waals surface area contributed by atoms with Crippen LogP contribution in [0.4, 0.5) is 5.69 Å². The molecule has 0 radical (unpaired) electrons. The number of ether oxygens (including phenoxy) is 1. The van der Waals surface area contributed by atoms with Crippen LogP contribution in [0, 0.1) is 5.92 Å². The number of likely N-dealkylation sites (tertiary alicyclic amines) is 1. The topological polar surface area (TPSA) is 45.1 Å². The Bertz CT molecular complexity index is 804. The molecule has 1 unspecified atom stereocenters. The van der Waals surface area contributed by atoms with Crippen LogP contribution in [0.25, 0.3) is 0 Å². The van der Waals surface area contributed by atoms with Crippen LogP contribution in [0.5, 0.6) is 5.75 Å². The van der Waals surface area contributed by atoms with E-state index in [1.165, 1.54) is 10.6 Å². The van der Waals surface area contributed by atoms with Gasteiger partial charge < -0.3 is 4.74 Å². The molecule has 5 nitrogen and oxygen atoms in total. The number of nitrogens with zero attached hydrogens (tertiary/aromatic N) is 3. The quantitative estimate of drug-likeness (QED) is 0.863. The maximum Gasteiger partial charge on any atom is 0.256 e. The summed E-state index contributed by atoms with van der Waals surface area (Å²) in [6.07, 6.45) is 0.824. The Morgan fingerprint density at radius 1 is 1.16 bits per heavy atom. The molecule has 1 amide bonds. The van der Waals surface area contributed by atoms with E-state index in [9.17, 15) is 4.79 Å². The normalized spacial score (nSPS) is 20.4. The fraction of sp³-hybridized carbons (Fsp3) is 0.300. The molecule has 0 spiro atoms. The lowest BCUT2D eigenvalue weighted by atomic mass is 9.94. The predicted octanol–water partition coefficient (Wildman–Crippen LogP) is 2.92. The molecule has 4 rings (SSSR count). The molecule has 0 aliphatic carbocycles. The van der Waals surface area contributed by atoms with Crippen LogP contribution in [-0.4, -0.2) is 36.7 Å². The maximum absolute atomic E-state index is 12.8. The molecule has 2 aromatic carbocycles. The minimum Gasteiger partial charge on any atom is -0.497 e. The van der Waals surface area contributed by atoms with Gasteiger partial charge in [-0.1, -0.05) is 36.4 Å². The van der Waals surface area contributed by atoms with Crippen molar-refractivity contribution in [3.05, 3.63) is 60.2 Å². The number of carbonyl (C=O) groups is 1. The van der Waals surface area contributed by atoms with Crippen molar-refractivity contribution < 1.29 is 9.53 Å². The largest absolute Gasteiger partial charge is 0.497 e. The van der Waals surface area contributed by atoms with Gasteiger partial charge in [-0.2, -0.15) is 5.10 Å². The Labute approximate surface area is 147 Å². The molecule has 1 saturated heterocycles. The van der Waals surface area contributed by atoms with E-state index < -0.39 is 0 Å². The Morgan fingerprint density at radius 3 is 2.80 bits per heavy atom. The molecule has 2 aliphatic heterocycles. The second-order valence-electron chi connectivity index (χ2n) is 6.48. The van der Waals surface area contributed by atoms with Crippen LogP contribution in [0.15, 0.2) is 59.7 Å². The standard InChI is InChI=1S/C20H21N3O2/c1-25-17-9-5-8-16(12-17)23-20(24)18-10-11-22(14-19(18)21-23)13-15-6-3-2-4-7-15/h2-9,12,18H,10-11,13-14H2,1H3. The van der Waals surface area contributed by atoms with E-state index in [1.807, 2.05) is 30.3 Å². The van der Waals surface area contributed by atoms with Gasteiger partial charge in [0, 0.05) is 25.7 Å². The molecule has 2 aromatic rings. The number of piperidine rings is 1. The average Bonchev–Trinajstić information content (AvgIpc) is 2.99. The first-order valence-electron chi connectivity index (χ1n) is 8.56. The highest BCUT2D eigenvalue weighted by Crippen LogP contribution is 2.30. The molecular formula is C20H21N3O2. The number of rotatable bonds is 4. The lowest BCUT2D eigenvalue weighted by molar-refractivity contribution is -0.120. The zero-order valence-electron chi connectivity index (χ0n) is 14.3. The van der Waals surface area contributed by atoms with Crippen molar-refractivity contribution in [3.63, 3.8) is 0 Å². The fourth-order valence-electron chi connectivity index (χ4n) is 3.49. The van der Waals surface area contributed by atoms with Crippen LogP contribution < -0.4 is 9.75 Å². The summed E-state index contributed by atoms with van der Waals surface area (Å²) in [7, 11) is 1.62. The van der Waals surface area contributed by atoms with Crippen molar-refractivity contribution in [2.75, 3.05) is 25.2 Å². The van der Waals surface area contributed by atoms with E-state index in [0.717, 1.165) is 43.2 Å². The van der Waals surface area contributed by atoms with Gasteiger partial charge in [0.25, 0.3) is 5.91 Å². The average molecular weight is 335 g/mol. The third-order valence-corrected chi connectivity index (χ3v) is 4.80. The number of methoxy groups -OCH3 is 1. The van der Waals surface area contributed by atoms with Gasteiger partial charge in [-0.3, -0.25) is 9.69 Å². The number of fused-ring (bicyclic) bond motifs is 1. The summed E-state index contributed by atoms with van der Waals surface area (Å²) in [6.45, 7) is 2.54. The van der Waals surface area contributed by atoms with E-state index in [-0.39, 0.29) is 11.8 Å². The van der Waals surface area contributed by atoms with E-state index in [2.05, 4.69) is 34.3 Å². The van der Waals surface area contributed by atoms with Gasteiger partial charge in [0.2, 0.25) is 0 Å². The van der Waals surface area contributed by atoms with Crippen LogP contribution in [0.1, 0.15) is 12.0 Å². The van der Waals surface area contributed by atoms with E-state index in [1.54, 1.807) is 7.11 Å². The molecule has 1 fully saturated rings. The van der Waals surface area contributed by atoms with Crippen LogP contribution >= 0.6 is 0 Å². The Morgan fingerprint density at radius 2 is 2.00 bits per heavy atom. The zero-order chi connectivity index (χ0) is 17.2. The third kappa shape index (κ3) is 3.15. The van der Waals surface area contributed by atoms with Gasteiger partial charge in [0.1, 0.15) is 5.75 Å². The summed E-state index contributed by atoms with van der Waals surface area (Å²) >= 11 is 0. The van der Waals surface area contributed by atoms with Crippen LogP contribution in [0.3, 0.4) is 0 Å². The van der Waals surface area contributed by atoms with Gasteiger partial charge in [-0.05, 0) is 24.1 Å². The number of amides is 1. The molecule has 1 atom stereocenters. The first kappa shape index (κ1) is 15.8. The summed E-state index contributed by atoms with van der Waals surface area (Å²) < 4.78 is 5.26. The van der Waals surface area contributed by atoms with Crippen molar-refractivity contribution in [1.82, 2.24) is 4.90 Å². The molecule has 2 aliphatic rings. The van der Waals surface area contributed by atoms with Crippen molar-refractivity contribution in [3.8, 4) is 5.75 Å². The molecule has 2 heterocycles. The number of benzene rings is 2.